The van der Waals surface area contributed by atoms with Gasteiger partial charge in [-0.2, -0.15) is 0 Å². The highest BCUT2D eigenvalue weighted by Crippen LogP contribution is 2.30. The van der Waals surface area contributed by atoms with Crippen LogP contribution in [0.4, 0.5) is 5.69 Å². The summed E-state index contributed by atoms with van der Waals surface area (Å²) < 4.78 is 5.11. The number of carbonyl (C=O) groups is 3. The fourth-order valence-corrected chi connectivity index (χ4v) is 2.01. The molecule has 0 spiro atoms. The number of fused-ring (bicyclic) bond motifs is 1. The second-order valence-electron chi connectivity index (χ2n) is 4.63. The highest BCUT2D eigenvalue weighted by atomic mass is 16.5. The molecule has 2 amide bonds. The number of nitrogens with one attached hydrogen (secondary N) is 2. The van der Waals surface area contributed by atoms with Gasteiger partial charge in [-0.05, 0) is 12.1 Å². The topological polar surface area (TPSA) is 87.7 Å². The van der Waals surface area contributed by atoms with Crippen molar-refractivity contribution in [2.45, 2.75) is 6.92 Å². The maximum atomic E-state index is 11.9. The van der Waals surface area contributed by atoms with Crippen molar-refractivity contribution in [3.8, 4) is 5.75 Å². The summed E-state index contributed by atoms with van der Waals surface area (Å²) in [6.45, 7) is 2.23. The van der Waals surface area contributed by atoms with Gasteiger partial charge in [-0.25, -0.2) is 4.79 Å². The molecule has 0 aliphatic carbocycles. The monoisotopic (exact) mass is 291 g/mol. The summed E-state index contributed by atoms with van der Waals surface area (Å²) >= 11 is 0. The van der Waals surface area contributed by atoms with Crippen LogP contribution in [0, 0.1) is 0 Å². The van der Waals surface area contributed by atoms with Gasteiger partial charge in [-0.1, -0.05) is 12.1 Å². The molecular weight excluding hydrogens is 274 g/mol. The number of esters is 1. The number of rotatable bonds is 5. The van der Waals surface area contributed by atoms with Crippen LogP contribution in [0.3, 0.4) is 0 Å². The smallest absolute Gasteiger partial charge is 0.331 e. The normalized spacial score (nSPS) is 13.2. The van der Waals surface area contributed by atoms with Crippen molar-refractivity contribution in [3.05, 3.63) is 24.3 Å². The standard InChI is InChI=1S/C14H17N3O4/c1-10(18)15-6-7-16-13(19)8-17-9-14(20)21-12-5-3-2-4-11(12)17/h2-5H,6-9H2,1H3,(H,15,18)(H,16,19). The molecule has 0 bridgehead atoms. The van der Waals surface area contributed by atoms with Crippen molar-refractivity contribution < 1.29 is 19.1 Å². The molecule has 0 aromatic heterocycles. The Labute approximate surface area is 122 Å². The van der Waals surface area contributed by atoms with Gasteiger partial charge in [-0.15, -0.1) is 0 Å². The maximum Gasteiger partial charge on any atom is 0.331 e. The molecule has 0 radical (unpaired) electrons. The Morgan fingerprint density at radius 2 is 1.95 bits per heavy atom. The molecule has 7 nitrogen and oxygen atoms in total. The van der Waals surface area contributed by atoms with E-state index in [0.29, 0.717) is 24.5 Å². The Kier molecular flexibility index (Phi) is 4.76. The fourth-order valence-electron chi connectivity index (χ4n) is 2.01. The first-order chi connectivity index (χ1) is 10.1. The molecule has 2 N–H and O–H groups in total. The molecule has 21 heavy (non-hydrogen) atoms. The van der Waals surface area contributed by atoms with E-state index in [9.17, 15) is 14.4 Å². The summed E-state index contributed by atoms with van der Waals surface area (Å²) in [6, 6.07) is 7.07. The predicted molar refractivity (Wildman–Crippen MR) is 76.0 cm³/mol. The van der Waals surface area contributed by atoms with Gasteiger partial charge in [0, 0.05) is 20.0 Å². The van der Waals surface area contributed by atoms with E-state index in [-0.39, 0.29) is 30.9 Å². The summed E-state index contributed by atoms with van der Waals surface area (Å²) in [5, 5.41) is 5.27. The van der Waals surface area contributed by atoms with Crippen LogP contribution in [0.2, 0.25) is 0 Å². The van der Waals surface area contributed by atoms with E-state index in [4.69, 9.17) is 4.74 Å². The Morgan fingerprint density at radius 1 is 1.24 bits per heavy atom. The van der Waals surface area contributed by atoms with Crippen LogP contribution in [0.1, 0.15) is 6.92 Å². The van der Waals surface area contributed by atoms with Crippen molar-refractivity contribution in [2.24, 2.45) is 0 Å². The molecule has 0 fully saturated rings. The number of ether oxygens (including phenoxy) is 1. The molecule has 2 rings (SSSR count). The van der Waals surface area contributed by atoms with Crippen molar-refractivity contribution in [1.82, 2.24) is 10.6 Å². The number of hydrogen-bond acceptors (Lipinski definition) is 5. The van der Waals surface area contributed by atoms with Crippen molar-refractivity contribution in [2.75, 3.05) is 31.1 Å². The summed E-state index contributed by atoms with van der Waals surface area (Å²) in [5.41, 5.74) is 0.717. The highest BCUT2D eigenvalue weighted by molar-refractivity contribution is 5.89. The van der Waals surface area contributed by atoms with E-state index in [2.05, 4.69) is 10.6 Å². The highest BCUT2D eigenvalue weighted by Gasteiger charge is 2.24. The zero-order valence-electron chi connectivity index (χ0n) is 11.7. The summed E-state index contributed by atoms with van der Waals surface area (Å²) in [5.74, 6) is -0.290. The first-order valence-corrected chi connectivity index (χ1v) is 6.62. The minimum absolute atomic E-state index is 0.0378. The van der Waals surface area contributed by atoms with Gasteiger partial charge in [0.25, 0.3) is 0 Å². The van der Waals surface area contributed by atoms with Crippen molar-refractivity contribution >= 4 is 23.5 Å². The predicted octanol–water partition coefficient (Wildman–Crippen LogP) is -0.336. The largest absolute Gasteiger partial charge is 0.423 e. The van der Waals surface area contributed by atoms with Crippen LogP contribution in [0.25, 0.3) is 0 Å². The average Bonchev–Trinajstić information content (AvgIpc) is 2.43. The first kappa shape index (κ1) is 14.8. The van der Waals surface area contributed by atoms with Crippen LogP contribution in [-0.4, -0.2) is 44.0 Å². The van der Waals surface area contributed by atoms with Gasteiger partial charge in [0.15, 0.2) is 5.75 Å². The van der Waals surface area contributed by atoms with Crippen LogP contribution in [-0.2, 0) is 14.4 Å². The number of nitrogens with zero attached hydrogens (tertiary/aromatic N) is 1. The first-order valence-electron chi connectivity index (χ1n) is 6.62. The molecule has 1 aliphatic rings. The van der Waals surface area contributed by atoms with Crippen LogP contribution in [0.15, 0.2) is 24.3 Å². The Hall–Kier alpha value is -2.57. The van der Waals surface area contributed by atoms with E-state index in [0.717, 1.165) is 0 Å². The van der Waals surface area contributed by atoms with Crippen molar-refractivity contribution in [3.63, 3.8) is 0 Å². The molecule has 0 saturated heterocycles. The number of para-hydroxylation sites is 2. The third-order valence-electron chi connectivity index (χ3n) is 2.91. The van der Waals surface area contributed by atoms with Gasteiger partial charge in [0.2, 0.25) is 11.8 Å². The molecule has 1 aliphatic heterocycles. The molecule has 1 aromatic carbocycles. The lowest BCUT2D eigenvalue weighted by Gasteiger charge is -2.29. The summed E-state index contributed by atoms with van der Waals surface area (Å²) in [6.07, 6.45) is 0. The quantitative estimate of drug-likeness (QED) is 0.440. The van der Waals surface area contributed by atoms with Crippen LogP contribution < -0.4 is 20.3 Å². The van der Waals surface area contributed by atoms with E-state index < -0.39 is 0 Å². The number of amides is 2. The van der Waals surface area contributed by atoms with Gasteiger partial charge >= 0.3 is 5.97 Å². The van der Waals surface area contributed by atoms with Crippen LogP contribution in [0.5, 0.6) is 5.75 Å². The number of carbonyl (C=O) groups excluding carboxylic acids is 3. The van der Waals surface area contributed by atoms with E-state index >= 15 is 0 Å². The molecule has 1 aromatic rings. The summed E-state index contributed by atoms with van der Waals surface area (Å²) in [4.78, 5) is 35.7. The molecule has 1 heterocycles. The number of hydrogen-bond donors (Lipinski definition) is 2. The molecule has 0 atom stereocenters. The van der Waals surface area contributed by atoms with Gasteiger partial charge in [0.1, 0.15) is 6.54 Å². The SMILES string of the molecule is CC(=O)NCCNC(=O)CN1CC(=O)Oc2ccccc21. The van der Waals surface area contributed by atoms with E-state index in [1.54, 1.807) is 23.1 Å². The zero-order chi connectivity index (χ0) is 15.2. The average molecular weight is 291 g/mol. The Balaban J connectivity index is 1.89. The second kappa shape index (κ2) is 6.74. The molecule has 112 valence electrons. The zero-order valence-corrected chi connectivity index (χ0v) is 11.7. The van der Waals surface area contributed by atoms with Gasteiger partial charge < -0.3 is 20.3 Å². The number of benzene rings is 1. The number of anilines is 1. The molecule has 7 heteroatoms. The molecule has 0 saturated carbocycles. The Bertz CT molecular complexity index is 559. The maximum absolute atomic E-state index is 11.9. The fraction of sp³-hybridized carbons (Fsp3) is 0.357. The van der Waals surface area contributed by atoms with Crippen LogP contribution >= 0.6 is 0 Å². The van der Waals surface area contributed by atoms with E-state index in [1.807, 2.05) is 6.07 Å². The third-order valence-corrected chi connectivity index (χ3v) is 2.91. The molecule has 0 unspecified atom stereocenters. The Morgan fingerprint density at radius 3 is 2.71 bits per heavy atom. The van der Waals surface area contributed by atoms with Gasteiger partial charge in [0.05, 0.1) is 12.2 Å². The lowest BCUT2D eigenvalue weighted by atomic mass is 10.2. The second-order valence-corrected chi connectivity index (χ2v) is 4.63. The van der Waals surface area contributed by atoms with Gasteiger partial charge in [-0.3, -0.25) is 9.59 Å². The van der Waals surface area contributed by atoms with E-state index in [1.165, 1.54) is 6.92 Å². The minimum Gasteiger partial charge on any atom is -0.423 e. The third kappa shape index (κ3) is 4.20. The minimum atomic E-state index is -0.389. The van der Waals surface area contributed by atoms with Crippen molar-refractivity contribution in [1.29, 1.82) is 0 Å². The lowest BCUT2D eigenvalue weighted by Crippen LogP contribution is -2.44. The lowest BCUT2D eigenvalue weighted by molar-refractivity contribution is -0.133. The summed E-state index contributed by atoms with van der Waals surface area (Å²) in [7, 11) is 0. The molecular formula is C14H17N3O4.